The number of hydrogen-bond donors (Lipinski definition) is 0. The standard InChI is InChI=1S/C28H26F2N2O3/c29-21-11-12-23(26(30)14-21)24-16-31(15-20-9-5-2-6-10-20)17-25(24)27(33)32-22(18-35-28(32)34)13-19-7-3-1-4-8-19/h1-12,14,22,24-25H,13,15-18H2/t22?,24-,25+/m0/s1. The van der Waals surface area contributed by atoms with Gasteiger partial charge in [0, 0.05) is 31.6 Å². The lowest BCUT2D eigenvalue weighted by molar-refractivity contribution is -0.133. The molecular formula is C28H26F2N2O3. The average Bonchev–Trinajstić information content (AvgIpc) is 3.43. The molecule has 0 aliphatic carbocycles. The van der Waals surface area contributed by atoms with Crippen LogP contribution in [0.4, 0.5) is 13.6 Å². The number of carbonyl (C=O) groups is 2. The fraction of sp³-hybridized carbons (Fsp3) is 0.286. The Hall–Kier alpha value is -3.58. The van der Waals surface area contributed by atoms with Crippen LogP contribution in [0.1, 0.15) is 22.6 Å². The monoisotopic (exact) mass is 476 g/mol. The van der Waals surface area contributed by atoms with E-state index >= 15 is 0 Å². The Labute approximate surface area is 202 Å². The van der Waals surface area contributed by atoms with Crippen LogP contribution in [0.2, 0.25) is 0 Å². The van der Waals surface area contributed by atoms with Crippen molar-refractivity contribution in [3.63, 3.8) is 0 Å². The minimum Gasteiger partial charge on any atom is -0.447 e. The number of ether oxygens (including phenoxy) is 1. The third kappa shape index (κ3) is 4.95. The van der Waals surface area contributed by atoms with Gasteiger partial charge in [-0.05, 0) is 29.2 Å². The number of nitrogens with zero attached hydrogens (tertiary/aromatic N) is 2. The maximum absolute atomic E-state index is 14.8. The third-order valence-corrected chi connectivity index (χ3v) is 6.84. The molecule has 0 aromatic heterocycles. The first-order valence-electron chi connectivity index (χ1n) is 11.7. The van der Waals surface area contributed by atoms with E-state index in [1.165, 1.54) is 17.0 Å². The summed E-state index contributed by atoms with van der Waals surface area (Å²) in [5, 5.41) is 0. The second-order valence-corrected chi connectivity index (χ2v) is 9.19. The van der Waals surface area contributed by atoms with Crippen molar-refractivity contribution in [1.82, 2.24) is 9.80 Å². The average molecular weight is 477 g/mol. The van der Waals surface area contributed by atoms with Gasteiger partial charge in [-0.25, -0.2) is 18.5 Å². The molecule has 5 rings (SSSR count). The SMILES string of the molecule is O=C1OCC(Cc2ccccc2)N1C(=O)[C@@H]1CN(Cc2ccccc2)C[C@H]1c1ccc(F)cc1F. The molecule has 0 radical (unpaired) electrons. The third-order valence-electron chi connectivity index (χ3n) is 6.84. The normalized spacial score (nSPS) is 22.4. The molecule has 7 heteroatoms. The largest absolute Gasteiger partial charge is 0.447 e. The number of carbonyl (C=O) groups excluding carboxylic acids is 2. The van der Waals surface area contributed by atoms with Crippen LogP contribution in [0.25, 0.3) is 0 Å². The summed E-state index contributed by atoms with van der Waals surface area (Å²) in [6, 6.07) is 22.5. The van der Waals surface area contributed by atoms with Gasteiger partial charge in [-0.2, -0.15) is 0 Å². The van der Waals surface area contributed by atoms with Gasteiger partial charge >= 0.3 is 6.09 Å². The molecule has 3 atom stereocenters. The van der Waals surface area contributed by atoms with E-state index in [-0.39, 0.29) is 18.1 Å². The topological polar surface area (TPSA) is 49.9 Å². The Morgan fingerprint density at radius 1 is 0.914 bits per heavy atom. The number of rotatable bonds is 6. The van der Waals surface area contributed by atoms with Crippen LogP contribution in [-0.4, -0.2) is 47.5 Å². The molecule has 35 heavy (non-hydrogen) atoms. The van der Waals surface area contributed by atoms with Crippen molar-refractivity contribution in [2.45, 2.75) is 24.9 Å². The smallest absolute Gasteiger partial charge is 0.416 e. The molecule has 1 unspecified atom stereocenters. The molecule has 180 valence electrons. The van der Waals surface area contributed by atoms with Crippen LogP contribution >= 0.6 is 0 Å². The maximum Gasteiger partial charge on any atom is 0.416 e. The number of hydrogen-bond acceptors (Lipinski definition) is 4. The zero-order valence-corrected chi connectivity index (χ0v) is 19.1. The van der Waals surface area contributed by atoms with Crippen molar-refractivity contribution < 1.29 is 23.1 Å². The van der Waals surface area contributed by atoms with Crippen LogP contribution < -0.4 is 0 Å². The predicted octanol–water partition coefficient (Wildman–Crippen LogP) is 4.77. The second-order valence-electron chi connectivity index (χ2n) is 9.19. The Balaban J connectivity index is 1.42. The van der Waals surface area contributed by atoms with Gasteiger partial charge in [0.25, 0.3) is 0 Å². The van der Waals surface area contributed by atoms with Gasteiger partial charge in [-0.3, -0.25) is 9.69 Å². The summed E-state index contributed by atoms with van der Waals surface area (Å²) < 4.78 is 33.7. The lowest BCUT2D eigenvalue weighted by Gasteiger charge is -2.26. The molecule has 2 fully saturated rings. The predicted molar refractivity (Wildman–Crippen MR) is 126 cm³/mol. The summed E-state index contributed by atoms with van der Waals surface area (Å²) in [6.07, 6.45) is -0.190. The summed E-state index contributed by atoms with van der Waals surface area (Å²) in [5.74, 6) is -2.91. The summed E-state index contributed by atoms with van der Waals surface area (Å²) in [7, 11) is 0. The van der Waals surface area contributed by atoms with Crippen LogP contribution in [0.3, 0.4) is 0 Å². The van der Waals surface area contributed by atoms with Gasteiger partial charge in [0.1, 0.15) is 18.2 Å². The maximum atomic E-state index is 14.8. The molecule has 3 aromatic rings. The minimum atomic E-state index is -0.681. The number of benzene rings is 3. The first kappa shape index (κ1) is 23.2. The van der Waals surface area contributed by atoms with E-state index in [9.17, 15) is 18.4 Å². The Bertz CT molecular complexity index is 1210. The molecule has 0 spiro atoms. The fourth-order valence-electron chi connectivity index (χ4n) is 5.17. The van der Waals surface area contributed by atoms with E-state index in [1.54, 1.807) is 0 Å². The molecule has 0 N–H and O–H groups in total. The quantitative estimate of drug-likeness (QED) is 0.514. The molecule has 2 aliphatic rings. The highest BCUT2D eigenvalue weighted by molar-refractivity contribution is 5.95. The Morgan fingerprint density at radius 3 is 2.29 bits per heavy atom. The molecule has 2 aliphatic heterocycles. The van der Waals surface area contributed by atoms with E-state index in [1.807, 2.05) is 60.7 Å². The number of halogens is 2. The summed E-state index contributed by atoms with van der Waals surface area (Å²) in [4.78, 5) is 29.8. The van der Waals surface area contributed by atoms with Gasteiger partial charge in [0.05, 0.1) is 12.0 Å². The van der Waals surface area contributed by atoms with E-state index in [2.05, 4.69) is 4.90 Å². The minimum absolute atomic E-state index is 0.121. The number of imide groups is 1. The van der Waals surface area contributed by atoms with Crippen molar-refractivity contribution in [2.75, 3.05) is 19.7 Å². The molecule has 3 aromatic carbocycles. The number of amides is 2. The molecule has 5 nitrogen and oxygen atoms in total. The van der Waals surface area contributed by atoms with Crippen molar-refractivity contribution in [3.8, 4) is 0 Å². The van der Waals surface area contributed by atoms with E-state index in [0.29, 0.717) is 26.1 Å². The molecule has 2 heterocycles. The van der Waals surface area contributed by atoms with Gasteiger partial charge in [0.15, 0.2) is 0 Å². The van der Waals surface area contributed by atoms with Gasteiger partial charge in [-0.15, -0.1) is 0 Å². The highest BCUT2D eigenvalue weighted by atomic mass is 19.1. The first-order chi connectivity index (χ1) is 17.0. The van der Waals surface area contributed by atoms with Crippen molar-refractivity contribution in [1.29, 1.82) is 0 Å². The highest BCUT2D eigenvalue weighted by Gasteiger charge is 2.47. The Morgan fingerprint density at radius 2 is 1.60 bits per heavy atom. The molecule has 0 bridgehead atoms. The van der Waals surface area contributed by atoms with E-state index in [4.69, 9.17) is 4.74 Å². The number of likely N-dealkylation sites (tertiary alicyclic amines) is 1. The lowest BCUT2D eigenvalue weighted by atomic mass is 9.87. The first-order valence-corrected chi connectivity index (χ1v) is 11.7. The molecular weight excluding hydrogens is 450 g/mol. The van der Waals surface area contributed by atoms with Crippen LogP contribution in [-0.2, 0) is 22.5 Å². The van der Waals surface area contributed by atoms with Crippen LogP contribution in [0.5, 0.6) is 0 Å². The van der Waals surface area contributed by atoms with E-state index < -0.39 is 35.6 Å². The zero-order chi connectivity index (χ0) is 24.4. The van der Waals surface area contributed by atoms with Crippen molar-refractivity contribution in [2.24, 2.45) is 5.92 Å². The van der Waals surface area contributed by atoms with E-state index in [0.717, 1.165) is 17.2 Å². The second kappa shape index (κ2) is 9.96. The molecule has 0 saturated carbocycles. The molecule has 2 amide bonds. The van der Waals surface area contributed by atoms with Gasteiger partial charge in [0.2, 0.25) is 5.91 Å². The van der Waals surface area contributed by atoms with Crippen molar-refractivity contribution >= 4 is 12.0 Å². The summed E-state index contributed by atoms with van der Waals surface area (Å²) in [5.41, 5.74) is 2.35. The fourth-order valence-corrected chi connectivity index (χ4v) is 5.17. The van der Waals surface area contributed by atoms with Crippen LogP contribution in [0.15, 0.2) is 78.9 Å². The highest BCUT2D eigenvalue weighted by Crippen LogP contribution is 2.37. The summed E-state index contributed by atoms with van der Waals surface area (Å²) >= 11 is 0. The zero-order valence-electron chi connectivity index (χ0n) is 19.1. The van der Waals surface area contributed by atoms with Crippen LogP contribution in [0, 0.1) is 17.6 Å². The van der Waals surface area contributed by atoms with Crippen molar-refractivity contribution in [3.05, 3.63) is 107 Å². The Kier molecular flexibility index (Phi) is 6.59. The molecule has 2 saturated heterocycles. The summed E-state index contributed by atoms with van der Waals surface area (Å²) in [6.45, 7) is 1.48. The van der Waals surface area contributed by atoms with Gasteiger partial charge in [-0.1, -0.05) is 66.7 Å². The lowest BCUT2D eigenvalue weighted by Crippen LogP contribution is -2.45. The number of cyclic esters (lactones) is 1. The van der Waals surface area contributed by atoms with Gasteiger partial charge < -0.3 is 4.74 Å².